The quantitative estimate of drug-likeness (QED) is 0.643. The van der Waals surface area contributed by atoms with Gasteiger partial charge in [-0.05, 0) is 23.8 Å². The molecule has 0 N–H and O–H groups in total. The molecule has 0 spiro atoms. The molecule has 0 saturated carbocycles. The summed E-state index contributed by atoms with van der Waals surface area (Å²) in [4.78, 5) is 0. The third-order valence-electron chi connectivity index (χ3n) is 2.13. The van der Waals surface area contributed by atoms with Gasteiger partial charge in [-0.15, -0.1) is 0 Å². The van der Waals surface area contributed by atoms with Gasteiger partial charge in [-0.1, -0.05) is 90.6 Å². The maximum Gasteiger partial charge on any atom is 0.0630 e. The fourth-order valence-electron chi connectivity index (χ4n) is 1.40. The van der Waals surface area contributed by atoms with E-state index in [9.17, 15) is 0 Å². The van der Waals surface area contributed by atoms with Crippen LogP contribution in [0, 0.1) is 0 Å². The van der Waals surface area contributed by atoms with Crippen molar-refractivity contribution in [3.05, 3.63) is 90.6 Å². The van der Waals surface area contributed by atoms with Crippen molar-refractivity contribution < 1.29 is 20.6 Å². The average Bonchev–Trinajstić information content (AvgIpc) is 2.81. The van der Waals surface area contributed by atoms with Crippen LogP contribution in [0.3, 0.4) is 0 Å². The standard InChI is InChI=1S/C18H15P/c1-4-10-16(11-5-1)19(17-12-6-2-7-13-17)18-14-8-3-9-15-18/h1-15H/i1D,2D,3D,4D,5D,6D,7D,8D,9D,10D,11D,12D,13D,14D,15D. The molecule has 0 saturated heterocycles. The minimum atomic E-state index is -2.80. The van der Waals surface area contributed by atoms with E-state index in [4.69, 9.17) is 20.6 Å². The third kappa shape index (κ3) is 2.75. The van der Waals surface area contributed by atoms with E-state index in [1.807, 2.05) is 0 Å². The molecule has 19 heavy (non-hydrogen) atoms. The molecule has 1 heteroatoms. The van der Waals surface area contributed by atoms with Crippen LogP contribution in [0.25, 0.3) is 0 Å². The van der Waals surface area contributed by atoms with Gasteiger partial charge in [0.1, 0.15) is 0 Å². The predicted molar refractivity (Wildman–Crippen MR) is 85.1 cm³/mol. The van der Waals surface area contributed by atoms with Crippen LogP contribution in [0.4, 0.5) is 0 Å². The van der Waals surface area contributed by atoms with Gasteiger partial charge in [0.2, 0.25) is 0 Å². The molecule has 0 radical (unpaired) electrons. The Morgan fingerprint density at radius 1 is 0.474 bits per heavy atom. The van der Waals surface area contributed by atoms with Crippen molar-refractivity contribution in [1.82, 2.24) is 0 Å². The van der Waals surface area contributed by atoms with E-state index in [0.29, 0.717) is 0 Å². The summed E-state index contributed by atoms with van der Waals surface area (Å²) >= 11 is 0. The topological polar surface area (TPSA) is 0 Å². The fourth-order valence-corrected chi connectivity index (χ4v) is 3.08. The Morgan fingerprint density at radius 3 is 1.00 bits per heavy atom. The molecule has 0 nitrogen and oxygen atoms in total. The number of benzene rings is 3. The summed E-state index contributed by atoms with van der Waals surface area (Å²) in [6.45, 7) is 0. The fraction of sp³-hybridized carbons (Fsp3) is 0. The Balaban J connectivity index is 2.68. The Kier molecular flexibility index (Phi) is 1.17. The highest BCUT2D eigenvalue weighted by Crippen LogP contribution is 2.32. The monoisotopic (exact) mass is 277 g/mol. The van der Waals surface area contributed by atoms with Crippen LogP contribution in [-0.2, 0) is 0 Å². The van der Waals surface area contributed by atoms with E-state index in [0.717, 1.165) is 0 Å². The van der Waals surface area contributed by atoms with Crippen LogP contribution >= 0.6 is 7.92 Å². The molecule has 0 fully saturated rings. The summed E-state index contributed by atoms with van der Waals surface area (Å²) in [6.07, 6.45) is 0. The van der Waals surface area contributed by atoms with E-state index >= 15 is 0 Å². The van der Waals surface area contributed by atoms with Crippen molar-refractivity contribution in [3.8, 4) is 0 Å². The maximum atomic E-state index is 8.38. The van der Waals surface area contributed by atoms with Gasteiger partial charge in [-0.2, -0.15) is 0 Å². The summed E-state index contributed by atoms with van der Waals surface area (Å²) < 4.78 is 122. The Labute approximate surface area is 136 Å². The SMILES string of the molecule is [2H]c1c([2H])c([2H])c(P(c2c([2H])c([2H])c([2H])c([2H])c2[2H])c2c([2H])c([2H])c([2H])c([2H])c2[2H])c([2H])c1[2H]. The van der Waals surface area contributed by atoms with Crippen LogP contribution in [0.15, 0.2) is 90.6 Å². The van der Waals surface area contributed by atoms with Gasteiger partial charge in [0.05, 0.1) is 20.6 Å². The summed E-state index contributed by atoms with van der Waals surface area (Å²) in [5, 5.41) is -1.55. The first-order chi connectivity index (χ1) is 15.7. The van der Waals surface area contributed by atoms with E-state index in [-0.39, 0.29) is 0 Å². The van der Waals surface area contributed by atoms with E-state index in [2.05, 4.69) is 0 Å². The number of rotatable bonds is 3. The molecule has 0 amide bonds. The van der Waals surface area contributed by atoms with Crippen molar-refractivity contribution in [3.63, 3.8) is 0 Å². The molecule has 3 aromatic rings. The van der Waals surface area contributed by atoms with Gasteiger partial charge < -0.3 is 0 Å². The highest BCUT2D eigenvalue weighted by atomic mass is 31.1. The van der Waals surface area contributed by atoms with Crippen LogP contribution < -0.4 is 15.9 Å². The van der Waals surface area contributed by atoms with Crippen LogP contribution in [0.1, 0.15) is 20.6 Å². The van der Waals surface area contributed by atoms with Gasteiger partial charge in [-0.25, -0.2) is 0 Å². The second-order valence-corrected chi connectivity index (χ2v) is 5.27. The van der Waals surface area contributed by atoms with Crippen molar-refractivity contribution in [2.24, 2.45) is 0 Å². The van der Waals surface area contributed by atoms with Gasteiger partial charge in [-0.3, -0.25) is 0 Å². The molecule has 0 unspecified atom stereocenters. The zero-order chi connectivity index (χ0) is 26.0. The largest absolute Gasteiger partial charge is 0.0630 e. The van der Waals surface area contributed by atoms with Gasteiger partial charge in [0.15, 0.2) is 0 Å². The molecular formula is C18H15P. The Hall–Kier alpha value is -1.91. The van der Waals surface area contributed by atoms with Crippen molar-refractivity contribution in [2.45, 2.75) is 0 Å². The molecule has 0 aliphatic carbocycles. The molecule has 0 heterocycles. The number of hydrogen-bond donors (Lipinski definition) is 0. The van der Waals surface area contributed by atoms with Crippen molar-refractivity contribution in [1.29, 1.82) is 0 Å². The lowest BCUT2D eigenvalue weighted by Gasteiger charge is -2.18. The second-order valence-electron chi connectivity index (χ2n) is 3.26. The van der Waals surface area contributed by atoms with Crippen molar-refractivity contribution >= 4 is 23.8 Å². The van der Waals surface area contributed by atoms with Crippen LogP contribution in [0.5, 0.6) is 0 Å². The Bertz CT molecular complexity index is 1110. The van der Waals surface area contributed by atoms with E-state index in [1.165, 1.54) is 0 Å². The minimum Gasteiger partial charge on any atom is -0.0622 e. The van der Waals surface area contributed by atoms with Gasteiger partial charge in [0, 0.05) is 0 Å². The molecule has 0 bridgehead atoms. The van der Waals surface area contributed by atoms with Gasteiger partial charge in [0.25, 0.3) is 0 Å². The first-order valence-electron chi connectivity index (χ1n) is 12.7. The molecule has 0 aliphatic rings. The first kappa shape index (κ1) is 3.81. The molecule has 3 rings (SSSR count). The lowest BCUT2D eigenvalue weighted by molar-refractivity contribution is 1.74. The normalized spacial score (nSPS) is 21.6. The summed E-state index contributed by atoms with van der Waals surface area (Å²) in [5.74, 6) is 0. The molecule has 92 valence electrons. The third-order valence-corrected chi connectivity index (χ3v) is 4.14. The number of hydrogen-bond acceptors (Lipinski definition) is 0. The molecule has 3 aromatic carbocycles. The highest BCUT2D eigenvalue weighted by Gasteiger charge is 2.14. The summed E-state index contributed by atoms with van der Waals surface area (Å²) in [5.41, 5.74) is 0. The van der Waals surface area contributed by atoms with Gasteiger partial charge >= 0.3 is 0 Å². The smallest absolute Gasteiger partial charge is 0.0622 e. The van der Waals surface area contributed by atoms with Crippen LogP contribution in [-0.4, -0.2) is 0 Å². The lowest BCUT2D eigenvalue weighted by Crippen LogP contribution is -2.20. The lowest BCUT2D eigenvalue weighted by atomic mass is 10.4. The molecule has 0 aliphatic heterocycles. The highest BCUT2D eigenvalue weighted by molar-refractivity contribution is 7.79. The summed E-state index contributed by atoms with van der Waals surface area (Å²) in [6, 6.07) is -11.5. The predicted octanol–water partition coefficient (Wildman–Crippen LogP) is 3.44. The van der Waals surface area contributed by atoms with Crippen LogP contribution in [0.2, 0.25) is 0 Å². The van der Waals surface area contributed by atoms with Crippen molar-refractivity contribution in [2.75, 3.05) is 0 Å². The first-order valence-corrected chi connectivity index (χ1v) is 6.51. The molecular weight excluding hydrogens is 247 g/mol. The minimum absolute atomic E-state index is 0.516. The second kappa shape index (κ2) is 5.82. The van der Waals surface area contributed by atoms with E-state index in [1.54, 1.807) is 0 Å². The zero-order valence-electron chi connectivity index (χ0n) is 24.4. The molecule has 0 atom stereocenters. The summed E-state index contributed by atoms with van der Waals surface area (Å²) in [7, 11) is -2.80. The molecule has 0 aromatic heterocycles. The average molecular weight is 277 g/mol. The zero-order valence-corrected chi connectivity index (χ0v) is 10.3. The maximum absolute atomic E-state index is 8.38. The Morgan fingerprint density at radius 2 is 0.737 bits per heavy atom. The van der Waals surface area contributed by atoms with E-state index < -0.39 is 114 Å².